The van der Waals surface area contributed by atoms with Gasteiger partial charge in [0, 0.05) is 17.6 Å². The number of nitrogens with one attached hydrogen (secondary N) is 1. The number of aromatic nitrogens is 1. The molecule has 2 saturated carbocycles. The van der Waals surface area contributed by atoms with E-state index in [0.717, 1.165) is 34.0 Å². The number of amides is 1. The molecule has 5 rings (SSSR count). The molecule has 156 valence electrons. The molecule has 1 heterocycles. The topological polar surface area (TPSA) is 45.2 Å². The first-order chi connectivity index (χ1) is 14.4. The number of carbonyl (C=O) groups is 1. The Kier molecular flexibility index (Phi) is 4.78. The van der Waals surface area contributed by atoms with Crippen LogP contribution in [0.1, 0.15) is 30.7 Å². The third-order valence-electron chi connectivity index (χ3n) is 5.73. The van der Waals surface area contributed by atoms with Crippen molar-refractivity contribution in [2.24, 2.45) is 5.92 Å². The molecular weight excluding hydrogens is 411 g/mol. The van der Waals surface area contributed by atoms with E-state index in [0.29, 0.717) is 11.6 Å². The highest BCUT2D eigenvalue weighted by Gasteiger charge is 2.44. The van der Waals surface area contributed by atoms with Gasteiger partial charge >= 0.3 is 12.1 Å². The molecule has 8 heteroatoms. The Morgan fingerprint density at radius 1 is 1.17 bits per heavy atom. The van der Waals surface area contributed by atoms with Crippen molar-refractivity contribution in [3.8, 4) is 0 Å². The quantitative estimate of drug-likeness (QED) is 0.570. The fourth-order valence-electron chi connectivity index (χ4n) is 3.82. The van der Waals surface area contributed by atoms with Gasteiger partial charge in [-0.15, -0.1) is 11.3 Å². The van der Waals surface area contributed by atoms with Gasteiger partial charge in [0.25, 0.3) is 0 Å². The minimum atomic E-state index is -4.98. The lowest BCUT2D eigenvalue weighted by Gasteiger charge is -2.24. The average molecular weight is 431 g/mol. The Hall–Kier alpha value is -2.45. The van der Waals surface area contributed by atoms with E-state index in [1.165, 1.54) is 30.2 Å². The molecule has 1 amide bonds. The van der Waals surface area contributed by atoms with E-state index in [1.807, 2.05) is 6.07 Å². The summed E-state index contributed by atoms with van der Waals surface area (Å²) >= 11 is 1.33. The predicted octanol–water partition coefficient (Wildman–Crippen LogP) is 5.38. The summed E-state index contributed by atoms with van der Waals surface area (Å²) in [6.07, 6.45) is -1.46. The maximum atomic E-state index is 13.4. The number of carbonyl (C=O) groups excluding carboxylic acids is 1. The molecule has 1 aromatic heterocycles. The van der Waals surface area contributed by atoms with Crippen molar-refractivity contribution >= 4 is 38.8 Å². The third-order valence-corrected chi connectivity index (χ3v) is 6.52. The highest BCUT2D eigenvalue weighted by Crippen LogP contribution is 2.43. The van der Waals surface area contributed by atoms with Gasteiger partial charge in [-0.05, 0) is 67.6 Å². The summed E-state index contributed by atoms with van der Waals surface area (Å²) in [5.74, 6) is -0.850. The molecule has 2 aliphatic carbocycles. The summed E-state index contributed by atoms with van der Waals surface area (Å²) in [5.41, 5.74) is 3.70. The fourth-order valence-corrected chi connectivity index (χ4v) is 4.53. The lowest BCUT2D eigenvalue weighted by Crippen LogP contribution is -2.38. The van der Waals surface area contributed by atoms with Crippen LogP contribution in [0, 0.1) is 5.92 Å². The third kappa shape index (κ3) is 3.94. The van der Waals surface area contributed by atoms with Crippen molar-refractivity contribution in [1.29, 1.82) is 0 Å². The van der Waals surface area contributed by atoms with Gasteiger partial charge in [0.05, 0.1) is 21.4 Å². The summed E-state index contributed by atoms with van der Waals surface area (Å²) < 4.78 is 41.0. The van der Waals surface area contributed by atoms with E-state index >= 15 is 0 Å². The number of halogens is 3. The molecule has 2 atom stereocenters. The van der Waals surface area contributed by atoms with Crippen LogP contribution in [-0.2, 0) is 4.79 Å². The van der Waals surface area contributed by atoms with Crippen LogP contribution in [0.2, 0.25) is 0 Å². The summed E-state index contributed by atoms with van der Waals surface area (Å²) in [5, 5.41) is 3.55. The van der Waals surface area contributed by atoms with Crippen LogP contribution < -0.4 is 10.2 Å². The second-order valence-electron chi connectivity index (χ2n) is 8.04. The molecule has 2 aliphatic rings. The molecule has 2 unspecified atom stereocenters. The van der Waals surface area contributed by atoms with Gasteiger partial charge in [0.1, 0.15) is 0 Å². The minimum Gasteiger partial charge on any atom is -0.313 e. The zero-order valence-electron chi connectivity index (χ0n) is 16.0. The number of rotatable bonds is 6. The number of thiazole rings is 1. The second-order valence-corrected chi connectivity index (χ2v) is 8.92. The molecule has 2 aromatic carbocycles. The first-order valence-electron chi connectivity index (χ1n) is 9.98. The molecule has 0 aliphatic heterocycles. The summed E-state index contributed by atoms with van der Waals surface area (Å²) in [6, 6.07) is 12.0. The van der Waals surface area contributed by atoms with Crippen LogP contribution in [0.4, 0.5) is 24.5 Å². The standard InChI is InChI=1S/C22H20F3N3OS/c23-22(24,25)21(29)28(16-6-7-18-20(9-16)30-12-27-18)15-3-1-2-14(8-15)17-10-19(17)26-11-13-4-5-13/h1-3,6-9,12-13,17,19,26H,4-5,10-11H2. The maximum absolute atomic E-state index is 13.4. The highest BCUT2D eigenvalue weighted by atomic mass is 32.1. The van der Waals surface area contributed by atoms with E-state index in [2.05, 4.69) is 10.3 Å². The molecule has 0 spiro atoms. The van der Waals surface area contributed by atoms with Crippen molar-refractivity contribution in [2.75, 3.05) is 11.4 Å². The van der Waals surface area contributed by atoms with Crippen LogP contribution >= 0.6 is 11.3 Å². The summed E-state index contributed by atoms with van der Waals surface area (Å²) in [7, 11) is 0. The molecule has 4 nitrogen and oxygen atoms in total. The van der Waals surface area contributed by atoms with Crippen LogP contribution in [0.5, 0.6) is 0 Å². The first-order valence-corrected chi connectivity index (χ1v) is 10.9. The molecule has 0 saturated heterocycles. The predicted molar refractivity (Wildman–Crippen MR) is 111 cm³/mol. The van der Waals surface area contributed by atoms with E-state index < -0.39 is 12.1 Å². The number of hydrogen-bond acceptors (Lipinski definition) is 4. The molecule has 30 heavy (non-hydrogen) atoms. The largest absolute Gasteiger partial charge is 0.472 e. The van der Waals surface area contributed by atoms with Crippen LogP contribution in [0.15, 0.2) is 48.0 Å². The van der Waals surface area contributed by atoms with Gasteiger partial charge in [-0.2, -0.15) is 13.2 Å². The van der Waals surface area contributed by atoms with Crippen molar-refractivity contribution in [3.63, 3.8) is 0 Å². The van der Waals surface area contributed by atoms with E-state index in [9.17, 15) is 18.0 Å². The second kappa shape index (κ2) is 7.35. The zero-order valence-corrected chi connectivity index (χ0v) is 16.8. The number of benzene rings is 2. The smallest absolute Gasteiger partial charge is 0.313 e. The minimum absolute atomic E-state index is 0.186. The zero-order chi connectivity index (χ0) is 20.9. The van der Waals surface area contributed by atoms with Crippen LogP contribution in [-0.4, -0.2) is 29.7 Å². The fraction of sp³-hybridized carbons (Fsp3) is 0.364. The Bertz CT molecular complexity index is 1090. The number of fused-ring (bicyclic) bond motifs is 1. The molecule has 0 bridgehead atoms. The molecule has 0 radical (unpaired) electrons. The Balaban J connectivity index is 1.46. The monoisotopic (exact) mass is 431 g/mol. The van der Waals surface area contributed by atoms with E-state index in [1.54, 1.807) is 35.8 Å². The van der Waals surface area contributed by atoms with Gasteiger partial charge in [0.2, 0.25) is 0 Å². The highest BCUT2D eigenvalue weighted by molar-refractivity contribution is 7.16. The van der Waals surface area contributed by atoms with Crippen LogP contribution in [0.3, 0.4) is 0 Å². The number of hydrogen-bond donors (Lipinski definition) is 1. The maximum Gasteiger partial charge on any atom is 0.472 e. The number of alkyl halides is 3. The number of nitrogens with zero attached hydrogens (tertiary/aromatic N) is 2. The van der Waals surface area contributed by atoms with Gasteiger partial charge in [-0.3, -0.25) is 9.69 Å². The summed E-state index contributed by atoms with van der Waals surface area (Å²) in [4.78, 5) is 17.3. The number of anilines is 2. The van der Waals surface area contributed by atoms with Crippen LogP contribution in [0.25, 0.3) is 10.2 Å². The van der Waals surface area contributed by atoms with Gasteiger partial charge in [-0.25, -0.2) is 4.98 Å². The molecule has 3 aromatic rings. The van der Waals surface area contributed by atoms with Crippen molar-refractivity contribution < 1.29 is 18.0 Å². The molecule has 1 N–H and O–H groups in total. The Morgan fingerprint density at radius 3 is 2.73 bits per heavy atom. The lowest BCUT2D eigenvalue weighted by atomic mass is 10.1. The lowest BCUT2D eigenvalue weighted by molar-refractivity contribution is -0.169. The van der Waals surface area contributed by atoms with Crippen molar-refractivity contribution in [2.45, 2.75) is 37.4 Å². The van der Waals surface area contributed by atoms with E-state index in [4.69, 9.17) is 0 Å². The van der Waals surface area contributed by atoms with E-state index in [-0.39, 0.29) is 17.3 Å². The van der Waals surface area contributed by atoms with Gasteiger partial charge < -0.3 is 5.32 Å². The van der Waals surface area contributed by atoms with Crippen molar-refractivity contribution in [3.05, 3.63) is 53.5 Å². The van der Waals surface area contributed by atoms with Gasteiger partial charge in [-0.1, -0.05) is 12.1 Å². The molecular formula is C22H20F3N3OS. The Labute approximate surface area is 175 Å². The molecule has 2 fully saturated rings. The normalized spacial score (nSPS) is 21.0. The summed E-state index contributed by atoms with van der Waals surface area (Å²) in [6.45, 7) is 1.01. The first kappa shape index (κ1) is 19.5. The van der Waals surface area contributed by atoms with Crippen molar-refractivity contribution in [1.82, 2.24) is 10.3 Å². The Morgan fingerprint density at radius 2 is 1.97 bits per heavy atom. The SMILES string of the molecule is O=C(N(c1cccc(C2CC2NCC2CC2)c1)c1ccc2ncsc2c1)C(F)(F)F. The average Bonchev–Trinajstić information content (AvgIpc) is 3.63. The van der Waals surface area contributed by atoms with Gasteiger partial charge in [0.15, 0.2) is 0 Å².